The first-order chi connectivity index (χ1) is 9.77. The third kappa shape index (κ3) is 5.01. The number of carbonyl (C=O) groups excluding carboxylic acids is 1. The summed E-state index contributed by atoms with van der Waals surface area (Å²) in [6, 6.07) is 3.23. The van der Waals surface area contributed by atoms with Gasteiger partial charge in [-0.2, -0.15) is 13.2 Å². The Hall–Kier alpha value is -1.61. The maximum atomic E-state index is 12.8. The number of hydrogen-bond acceptors (Lipinski definition) is 4. The molecule has 0 aliphatic heterocycles. The number of benzene rings is 1. The number of amides is 1. The van der Waals surface area contributed by atoms with Gasteiger partial charge >= 0.3 is 6.18 Å². The summed E-state index contributed by atoms with van der Waals surface area (Å²) in [6.07, 6.45) is -2.61. The highest BCUT2D eigenvalue weighted by Gasteiger charge is 2.35. The van der Waals surface area contributed by atoms with E-state index < -0.39 is 34.1 Å². The number of nitrogen functional groups attached to an aromatic ring is 1. The van der Waals surface area contributed by atoms with Crippen LogP contribution in [0.25, 0.3) is 0 Å². The van der Waals surface area contributed by atoms with Crippen LogP contribution in [0.1, 0.15) is 22.3 Å². The molecule has 0 aliphatic rings. The van der Waals surface area contributed by atoms with Crippen molar-refractivity contribution >= 4 is 22.4 Å². The molecule has 1 aromatic carbocycles. The molecular weight excluding hydrogens is 307 g/mol. The third-order valence-corrected chi connectivity index (χ3v) is 3.52. The Kier molecular flexibility index (Phi) is 6.16. The Morgan fingerprint density at radius 2 is 2.05 bits per heavy atom. The summed E-state index contributed by atoms with van der Waals surface area (Å²) in [5.41, 5.74) is 0.263. The first-order valence-electron chi connectivity index (χ1n) is 6.02. The normalized spacial score (nSPS) is 12.8. The first-order valence-corrected chi connectivity index (χ1v) is 7.75. The van der Waals surface area contributed by atoms with E-state index in [1.165, 1.54) is 12.3 Å². The van der Waals surface area contributed by atoms with Crippen LogP contribution < -0.4 is 16.6 Å². The molecule has 1 atom stereocenters. The minimum atomic E-state index is -4.61. The number of carbonyl (C=O) groups is 1. The van der Waals surface area contributed by atoms with Crippen LogP contribution in [-0.4, -0.2) is 28.7 Å². The fourth-order valence-electron chi connectivity index (χ4n) is 1.71. The highest BCUT2D eigenvalue weighted by molar-refractivity contribution is 7.84. The molecule has 0 heterocycles. The van der Waals surface area contributed by atoms with Crippen molar-refractivity contribution in [3.63, 3.8) is 0 Å². The van der Waals surface area contributed by atoms with Crippen molar-refractivity contribution < 1.29 is 22.2 Å². The third-order valence-electron chi connectivity index (χ3n) is 2.65. The molecule has 4 N–H and O–H groups in total. The molecule has 5 nitrogen and oxygen atoms in total. The number of anilines is 1. The van der Waals surface area contributed by atoms with Gasteiger partial charge < -0.3 is 10.7 Å². The Bertz CT molecular complexity index is 535. The van der Waals surface area contributed by atoms with Crippen molar-refractivity contribution in [3.05, 3.63) is 29.3 Å². The van der Waals surface area contributed by atoms with E-state index in [-0.39, 0.29) is 12.1 Å². The summed E-state index contributed by atoms with van der Waals surface area (Å²) in [6.45, 7) is 0.221. The Labute approximate surface area is 122 Å². The Morgan fingerprint density at radius 1 is 1.38 bits per heavy atom. The van der Waals surface area contributed by atoms with Gasteiger partial charge in [-0.3, -0.25) is 14.8 Å². The minimum Gasteiger partial charge on any atom is -0.352 e. The van der Waals surface area contributed by atoms with Gasteiger partial charge in [0.15, 0.2) is 0 Å². The lowest BCUT2D eigenvalue weighted by Gasteiger charge is -2.16. The highest BCUT2D eigenvalue weighted by Crippen LogP contribution is 2.36. The second-order valence-corrected chi connectivity index (χ2v) is 5.81. The standard InChI is InChI=1S/C12H16F3N3O2S/c1-21(20)7-3-6-17-11(19)8-4-2-5-9(10(8)18-16)12(13,14)15/h2,4-5,18H,3,6-7,16H2,1H3,(H,17,19). The van der Waals surface area contributed by atoms with Gasteiger partial charge in [-0.05, 0) is 18.6 Å². The van der Waals surface area contributed by atoms with Gasteiger partial charge in [0.2, 0.25) is 0 Å². The van der Waals surface area contributed by atoms with Crippen LogP contribution in [0.15, 0.2) is 18.2 Å². The number of nitrogens with two attached hydrogens (primary N) is 1. The lowest BCUT2D eigenvalue weighted by Crippen LogP contribution is -2.28. The molecule has 0 aliphatic carbocycles. The summed E-state index contributed by atoms with van der Waals surface area (Å²) in [7, 11) is -0.979. The molecule has 0 fully saturated rings. The Balaban J connectivity index is 2.87. The van der Waals surface area contributed by atoms with Crippen LogP contribution in [0, 0.1) is 0 Å². The van der Waals surface area contributed by atoms with E-state index in [4.69, 9.17) is 5.84 Å². The predicted octanol–water partition coefficient (Wildman–Crippen LogP) is 1.49. The quantitative estimate of drug-likeness (QED) is 0.421. The SMILES string of the molecule is CS(=O)CCCNC(=O)c1cccc(C(F)(F)F)c1NN. The molecule has 1 rings (SSSR count). The molecular formula is C12H16F3N3O2S. The number of rotatable bonds is 6. The molecule has 0 spiro atoms. The number of hydrogen-bond donors (Lipinski definition) is 3. The van der Waals surface area contributed by atoms with Gasteiger partial charge in [0, 0.05) is 29.4 Å². The van der Waals surface area contributed by atoms with E-state index in [1.54, 1.807) is 0 Å². The predicted molar refractivity (Wildman–Crippen MR) is 75.1 cm³/mol. The summed E-state index contributed by atoms with van der Waals surface area (Å²) < 4.78 is 49.3. The lowest BCUT2D eigenvalue weighted by molar-refractivity contribution is -0.137. The zero-order valence-corrected chi connectivity index (χ0v) is 12.1. The maximum Gasteiger partial charge on any atom is 0.418 e. The molecule has 0 bridgehead atoms. The molecule has 118 valence electrons. The van der Waals surface area contributed by atoms with Crippen LogP contribution in [0.3, 0.4) is 0 Å². The molecule has 0 aromatic heterocycles. The van der Waals surface area contributed by atoms with Crippen LogP contribution in [0.5, 0.6) is 0 Å². The summed E-state index contributed by atoms with van der Waals surface area (Å²) in [5.74, 6) is 4.85. The van der Waals surface area contributed by atoms with Gasteiger partial charge in [-0.15, -0.1) is 0 Å². The smallest absolute Gasteiger partial charge is 0.352 e. The average molecular weight is 323 g/mol. The summed E-state index contributed by atoms with van der Waals surface area (Å²) in [5, 5.41) is 2.47. The summed E-state index contributed by atoms with van der Waals surface area (Å²) in [4.78, 5) is 11.9. The highest BCUT2D eigenvalue weighted by atomic mass is 32.2. The number of alkyl halides is 3. The van der Waals surface area contributed by atoms with E-state index in [0.29, 0.717) is 12.2 Å². The minimum absolute atomic E-state index is 0.190. The number of nitrogens with one attached hydrogen (secondary N) is 2. The van der Waals surface area contributed by atoms with Crippen LogP contribution in [0.4, 0.5) is 18.9 Å². The van der Waals surface area contributed by atoms with Gasteiger partial charge in [-0.1, -0.05) is 6.07 Å². The molecule has 9 heteroatoms. The second kappa shape index (κ2) is 7.41. The number of para-hydroxylation sites is 1. The fourth-order valence-corrected chi connectivity index (χ4v) is 2.26. The molecule has 1 aromatic rings. The van der Waals surface area contributed by atoms with Gasteiger partial charge in [0.1, 0.15) is 0 Å². The van der Waals surface area contributed by atoms with Crippen molar-refractivity contribution in [1.82, 2.24) is 5.32 Å². The molecule has 1 amide bonds. The van der Waals surface area contributed by atoms with Crippen LogP contribution in [-0.2, 0) is 17.0 Å². The first kappa shape index (κ1) is 17.4. The molecule has 1 unspecified atom stereocenters. The van der Waals surface area contributed by atoms with E-state index in [1.807, 2.05) is 5.43 Å². The van der Waals surface area contributed by atoms with Gasteiger partial charge in [-0.25, -0.2) is 0 Å². The van der Waals surface area contributed by atoms with Crippen molar-refractivity contribution in [2.45, 2.75) is 12.6 Å². The van der Waals surface area contributed by atoms with Crippen molar-refractivity contribution in [1.29, 1.82) is 0 Å². The molecule has 0 saturated carbocycles. The maximum absolute atomic E-state index is 12.8. The molecule has 21 heavy (non-hydrogen) atoms. The average Bonchev–Trinajstić information content (AvgIpc) is 2.41. The monoisotopic (exact) mass is 323 g/mol. The number of hydrazine groups is 1. The summed E-state index contributed by atoms with van der Waals surface area (Å²) >= 11 is 0. The molecule has 0 saturated heterocycles. The zero-order chi connectivity index (χ0) is 16.0. The largest absolute Gasteiger partial charge is 0.418 e. The zero-order valence-electron chi connectivity index (χ0n) is 11.3. The van der Waals surface area contributed by atoms with Crippen molar-refractivity contribution in [3.8, 4) is 0 Å². The van der Waals surface area contributed by atoms with E-state index in [9.17, 15) is 22.2 Å². The van der Waals surface area contributed by atoms with E-state index in [2.05, 4.69) is 5.32 Å². The van der Waals surface area contributed by atoms with Gasteiger partial charge in [0.05, 0.1) is 16.8 Å². The molecule has 0 radical (unpaired) electrons. The van der Waals surface area contributed by atoms with Crippen molar-refractivity contribution in [2.75, 3.05) is 24.0 Å². The number of halogens is 3. The topological polar surface area (TPSA) is 84.2 Å². The van der Waals surface area contributed by atoms with E-state index >= 15 is 0 Å². The Morgan fingerprint density at radius 3 is 2.57 bits per heavy atom. The van der Waals surface area contributed by atoms with Crippen LogP contribution >= 0.6 is 0 Å². The fraction of sp³-hybridized carbons (Fsp3) is 0.417. The van der Waals surface area contributed by atoms with Crippen molar-refractivity contribution in [2.24, 2.45) is 5.84 Å². The van der Waals surface area contributed by atoms with E-state index in [0.717, 1.165) is 12.1 Å². The second-order valence-electron chi connectivity index (χ2n) is 4.26. The van der Waals surface area contributed by atoms with Gasteiger partial charge in [0.25, 0.3) is 5.91 Å². The lowest BCUT2D eigenvalue weighted by atomic mass is 10.1. The van der Waals surface area contributed by atoms with Crippen LogP contribution in [0.2, 0.25) is 0 Å².